The molecule has 1 aliphatic rings. The van der Waals surface area contributed by atoms with E-state index >= 15 is 0 Å². The second-order valence-corrected chi connectivity index (χ2v) is 2.97. The van der Waals surface area contributed by atoms with E-state index in [-0.39, 0.29) is 0 Å². The van der Waals surface area contributed by atoms with Crippen molar-refractivity contribution in [1.82, 2.24) is 0 Å². The molecule has 0 amide bonds. The maximum Gasteiger partial charge on any atom is 0.198 e. The molecule has 14 heavy (non-hydrogen) atoms. The van der Waals surface area contributed by atoms with E-state index < -0.39 is 37.3 Å². The van der Waals surface area contributed by atoms with Gasteiger partial charge in [-0.15, -0.1) is 0 Å². The smallest absolute Gasteiger partial charge is 0.198 e. The second kappa shape index (κ2) is 4.09. The lowest BCUT2D eigenvalue weighted by Gasteiger charge is -2.23. The minimum atomic E-state index is -1.90. The Labute approximate surface area is 79.0 Å². The van der Waals surface area contributed by atoms with Crippen LogP contribution in [0.1, 0.15) is 0 Å². The van der Waals surface area contributed by atoms with Gasteiger partial charge in [-0.2, -0.15) is 0 Å². The van der Waals surface area contributed by atoms with Crippen LogP contribution in [0.25, 0.3) is 10.4 Å². The van der Waals surface area contributed by atoms with E-state index in [1.54, 1.807) is 0 Å². The number of ether oxygens (including phenoxy) is 1. The molecule has 1 heterocycles. The summed E-state index contributed by atoms with van der Waals surface area (Å²) in [4.78, 5) is 2.40. The molecule has 0 spiro atoms. The van der Waals surface area contributed by atoms with Gasteiger partial charge in [-0.05, 0) is 5.53 Å². The van der Waals surface area contributed by atoms with Gasteiger partial charge in [0.05, 0.1) is 13.2 Å². The Hall–Kier alpha value is -0.890. The molecule has 1 fully saturated rings. The molecule has 1 saturated heterocycles. The molecular weight excluding hydrogens is 194 g/mol. The van der Waals surface area contributed by atoms with Crippen molar-refractivity contribution in [3.8, 4) is 0 Å². The molecule has 0 aliphatic carbocycles. The normalized spacial score (nSPS) is 42.1. The minimum Gasteiger partial charge on any atom is -0.394 e. The number of hydrogen-bond acceptors (Lipinski definition) is 6. The molecule has 1 aliphatic heterocycles. The van der Waals surface area contributed by atoms with Crippen molar-refractivity contribution in [3.63, 3.8) is 0 Å². The standard InChI is InChI=1S/C6H11N3O5/c7-9-8-6(2-11)5(13)4(12)3(1-10)14-6/h3-5,10-13H,1-2H2. The highest BCUT2D eigenvalue weighted by molar-refractivity contribution is 5.00. The Balaban J connectivity index is 2.94. The van der Waals surface area contributed by atoms with E-state index in [1.807, 2.05) is 0 Å². The molecule has 0 radical (unpaired) electrons. The van der Waals surface area contributed by atoms with Crippen molar-refractivity contribution in [1.29, 1.82) is 0 Å². The van der Waals surface area contributed by atoms with Gasteiger partial charge in [-0.1, -0.05) is 5.11 Å². The van der Waals surface area contributed by atoms with Crippen molar-refractivity contribution < 1.29 is 25.2 Å². The third kappa shape index (κ3) is 1.55. The molecule has 0 bridgehead atoms. The molecule has 0 aromatic carbocycles. The summed E-state index contributed by atoms with van der Waals surface area (Å²) in [5.74, 6) is 0. The number of rotatable bonds is 3. The third-order valence-electron chi connectivity index (χ3n) is 2.14. The van der Waals surface area contributed by atoms with Crippen LogP contribution in [0.5, 0.6) is 0 Å². The fourth-order valence-corrected chi connectivity index (χ4v) is 1.34. The zero-order chi connectivity index (χ0) is 10.8. The van der Waals surface area contributed by atoms with Crippen LogP contribution in [-0.4, -0.2) is 57.7 Å². The summed E-state index contributed by atoms with van der Waals surface area (Å²) >= 11 is 0. The van der Waals surface area contributed by atoms with Crippen molar-refractivity contribution in [2.45, 2.75) is 24.0 Å². The van der Waals surface area contributed by atoms with Gasteiger partial charge in [-0.25, -0.2) is 0 Å². The fraction of sp³-hybridized carbons (Fsp3) is 1.00. The molecule has 8 nitrogen and oxygen atoms in total. The Morgan fingerprint density at radius 2 is 2.07 bits per heavy atom. The first-order valence-electron chi connectivity index (χ1n) is 3.93. The van der Waals surface area contributed by atoms with Crippen molar-refractivity contribution in [3.05, 3.63) is 10.4 Å². The molecule has 4 N–H and O–H groups in total. The zero-order valence-electron chi connectivity index (χ0n) is 7.19. The number of nitrogens with zero attached hydrogens (tertiary/aromatic N) is 3. The molecular formula is C6H11N3O5. The van der Waals surface area contributed by atoms with E-state index in [4.69, 9.17) is 20.5 Å². The van der Waals surface area contributed by atoms with Gasteiger partial charge in [-0.3, -0.25) is 0 Å². The second-order valence-electron chi connectivity index (χ2n) is 2.97. The summed E-state index contributed by atoms with van der Waals surface area (Å²) in [5.41, 5.74) is 6.30. The van der Waals surface area contributed by atoms with Crippen LogP contribution in [0.4, 0.5) is 0 Å². The molecule has 1 rings (SSSR count). The number of aliphatic hydroxyl groups is 4. The lowest BCUT2D eigenvalue weighted by Crippen LogP contribution is -2.44. The van der Waals surface area contributed by atoms with Crippen LogP contribution in [0.3, 0.4) is 0 Å². The van der Waals surface area contributed by atoms with Gasteiger partial charge in [0.2, 0.25) is 0 Å². The van der Waals surface area contributed by atoms with Gasteiger partial charge in [0.15, 0.2) is 5.72 Å². The molecule has 4 atom stereocenters. The first kappa shape index (κ1) is 11.2. The van der Waals surface area contributed by atoms with Crippen LogP contribution in [0.15, 0.2) is 5.11 Å². The first-order valence-corrected chi connectivity index (χ1v) is 3.93. The maximum atomic E-state index is 9.43. The topological polar surface area (TPSA) is 139 Å². The summed E-state index contributed by atoms with van der Waals surface area (Å²) in [6.45, 7) is -1.31. The number of azide groups is 1. The van der Waals surface area contributed by atoms with E-state index in [2.05, 4.69) is 10.0 Å². The van der Waals surface area contributed by atoms with E-state index in [0.717, 1.165) is 0 Å². The highest BCUT2D eigenvalue weighted by Gasteiger charge is 2.53. The average molecular weight is 205 g/mol. The van der Waals surface area contributed by atoms with Gasteiger partial charge < -0.3 is 25.2 Å². The molecule has 4 unspecified atom stereocenters. The summed E-state index contributed by atoms with van der Waals surface area (Å²) < 4.78 is 4.89. The number of aliphatic hydroxyl groups excluding tert-OH is 4. The third-order valence-corrected chi connectivity index (χ3v) is 2.14. The largest absolute Gasteiger partial charge is 0.394 e. The predicted octanol–water partition coefficient (Wildman–Crippen LogP) is -1.90. The zero-order valence-corrected chi connectivity index (χ0v) is 7.19. The summed E-state index contributed by atoms with van der Waals surface area (Å²) in [6.07, 6.45) is -4.01. The molecule has 0 aromatic rings. The highest BCUT2D eigenvalue weighted by Crippen LogP contribution is 2.32. The molecule has 80 valence electrons. The van der Waals surface area contributed by atoms with Gasteiger partial charge >= 0.3 is 0 Å². The molecule has 0 saturated carbocycles. The quantitative estimate of drug-likeness (QED) is 0.242. The van der Waals surface area contributed by atoms with E-state index in [0.29, 0.717) is 0 Å². The summed E-state index contributed by atoms with van der Waals surface area (Å²) in [5, 5.41) is 39.5. The monoisotopic (exact) mass is 205 g/mol. The Morgan fingerprint density at radius 3 is 2.43 bits per heavy atom. The predicted molar refractivity (Wildman–Crippen MR) is 42.9 cm³/mol. The van der Waals surface area contributed by atoms with Crippen molar-refractivity contribution in [2.75, 3.05) is 13.2 Å². The lowest BCUT2D eigenvalue weighted by atomic mass is 10.0. The first-order chi connectivity index (χ1) is 6.61. The minimum absolute atomic E-state index is 0.541. The Bertz CT molecular complexity index is 256. The maximum absolute atomic E-state index is 9.43. The average Bonchev–Trinajstić information content (AvgIpc) is 2.44. The SMILES string of the molecule is [N-]=[N+]=NC1(CO)OC(CO)C(O)C1O. The highest BCUT2D eigenvalue weighted by atomic mass is 16.6. The molecule has 8 heteroatoms. The molecule has 0 aromatic heterocycles. The Morgan fingerprint density at radius 1 is 1.43 bits per heavy atom. The van der Waals surface area contributed by atoms with Gasteiger partial charge in [0.25, 0.3) is 0 Å². The van der Waals surface area contributed by atoms with Gasteiger partial charge in [0, 0.05) is 4.91 Å². The van der Waals surface area contributed by atoms with Crippen LogP contribution in [-0.2, 0) is 4.74 Å². The number of hydrogen-bond donors (Lipinski definition) is 4. The lowest BCUT2D eigenvalue weighted by molar-refractivity contribution is -0.114. The van der Waals surface area contributed by atoms with Crippen molar-refractivity contribution >= 4 is 0 Å². The van der Waals surface area contributed by atoms with Crippen LogP contribution in [0, 0.1) is 0 Å². The van der Waals surface area contributed by atoms with Crippen LogP contribution < -0.4 is 0 Å². The van der Waals surface area contributed by atoms with Gasteiger partial charge in [0.1, 0.15) is 18.3 Å². The fourth-order valence-electron chi connectivity index (χ4n) is 1.34. The van der Waals surface area contributed by atoms with Crippen LogP contribution >= 0.6 is 0 Å². The summed E-state index contributed by atoms with van der Waals surface area (Å²) in [7, 11) is 0. The van der Waals surface area contributed by atoms with E-state index in [1.165, 1.54) is 0 Å². The van der Waals surface area contributed by atoms with E-state index in [9.17, 15) is 10.2 Å². The Kier molecular flexibility index (Phi) is 3.27. The summed E-state index contributed by atoms with van der Waals surface area (Å²) in [6, 6.07) is 0. The van der Waals surface area contributed by atoms with Crippen molar-refractivity contribution in [2.24, 2.45) is 5.11 Å². The van der Waals surface area contributed by atoms with Crippen LogP contribution in [0.2, 0.25) is 0 Å².